The fourth-order valence-electron chi connectivity index (χ4n) is 2.82. The molecular formula is C20H21NO4S. The number of hydrogen-bond acceptors (Lipinski definition) is 5. The Morgan fingerprint density at radius 3 is 2.46 bits per heavy atom. The summed E-state index contributed by atoms with van der Waals surface area (Å²) in [6.45, 7) is 2.67. The van der Waals surface area contributed by atoms with Crippen LogP contribution in [0.25, 0.3) is 0 Å². The van der Waals surface area contributed by atoms with Gasteiger partial charge in [-0.1, -0.05) is 48.2 Å². The second-order valence-electron chi connectivity index (χ2n) is 5.92. The Morgan fingerprint density at radius 2 is 1.81 bits per heavy atom. The van der Waals surface area contributed by atoms with Crippen molar-refractivity contribution >= 4 is 22.9 Å². The lowest BCUT2D eigenvalue weighted by atomic mass is 10.1. The highest BCUT2D eigenvalue weighted by molar-refractivity contribution is 8.15. The number of imide groups is 1. The van der Waals surface area contributed by atoms with Crippen LogP contribution in [-0.2, 0) is 17.8 Å². The van der Waals surface area contributed by atoms with Crippen LogP contribution >= 0.6 is 11.8 Å². The first kappa shape index (κ1) is 18.3. The lowest BCUT2D eigenvalue weighted by Gasteiger charge is -2.14. The highest BCUT2D eigenvalue weighted by Crippen LogP contribution is 2.33. The molecular weight excluding hydrogens is 350 g/mol. The first-order valence-electron chi connectivity index (χ1n) is 8.48. The Hall–Kier alpha value is -2.47. The van der Waals surface area contributed by atoms with Crippen molar-refractivity contribution in [1.82, 2.24) is 4.90 Å². The monoisotopic (exact) mass is 371 g/mol. The molecule has 1 atom stereocenters. The van der Waals surface area contributed by atoms with E-state index >= 15 is 0 Å². The van der Waals surface area contributed by atoms with Crippen LogP contribution in [0.15, 0.2) is 48.5 Å². The lowest BCUT2D eigenvalue weighted by molar-refractivity contribution is -0.126. The number of carbonyl (C=O) groups excluding carboxylic acids is 2. The van der Waals surface area contributed by atoms with E-state index < -0.39 is 0 Å². The van der Waals surface area contributed by atoms with E-state index in [0.29, 0.717) is 31.1 Å². The van der Waals surface area contributed by atoms with Gasteiger partial charge in [0.25, 0.3) is 5.24 Å². The number of nitrogens with zero attached hydrogens (tertiary/aromatic N) is 1. The summed E-state index contributed by atoms with van der Waals surface area (Å²) in [7, 11) is 1.59. The van der Waals surface area contributed by atoms with E-state index in [4.69, 9.17) is 9.47 Å². The van der Waals surface area contributed by atoms with Crippen molar-refractivity contribution in [2.24, 2.45) is 0 Å². The molecule has 1 aliphatic rings. The fourth-order valence-corrected chi connectivity index (χ4v) is 3.91. The molecule has 0 bridgehead atoms. The van der Waals surface area contributed by atoms with Crippen molar-refractivity contribution in [3.8, 4) is 11.5 Å². The van der Waals surface area contributed by atoms with E-state index in [1.807, 2.05) is 48.5 Å². The maximum atomic E-state index is 12.3. The van der Waals surface area contributed by atoms with Crippen molar-refractivity contribution in [1.29, 1.82) is 0 Å². The van der Waals surface area contributed by atoms with Crippen LogP contribution in [0, 0.1) is 0 Å². The van der Waals surface area contributed by atoms with Crippen LogP contribution in [0.4, 0.5) is 4.79 Å². The molecule has 1 heterocycles. The molecule has 5 nitrogen and oxygen atoms in total. The molecule has 0 aliphatic carbocycles. The average molecular weight is 371 g/mol. The zero-order valence-electron chi connectivity index (χ0n) is 14.8. The molecule has 2 aromatic rings. The molecule has 6 heteroatoms. The summed E-state index contributed by atoms with van der Waals surface area (Å²) in [5, 5.41) is -0.541. The van der Waals surface area contributed by atoms with E-state index in [1.54, 1.807) is 14.0 Å². The number of ether oxygens (including phenoxy) is 2. The van der Waals surface area contributed by atoms with Gasteiger partial charge in [-0.05, 0) is 36.6 Å². The number of amides is 2. The maximum Gasteiger partial charge on any atom is 0.289 e. The molecule has 1 aliphatic heterocycles. The van der Waals surface area contributed by atoms with Gasteiger partial charge < -0.3 is 9.47 Å². The second-order valence-corrected chi connectivity index (χ2v) is 7.07. The molecule has 0 saturated carbocycles. The van der Waals surface area contributed by atoms with Crippen LogP contribution in [0.3, 0.4) is 0 Å². The van der Waals surface area contributed by atoms with Crippen molar-refractivity contribution < 1.29 is 19.1 Å². The van der Waals surface area contributed by atoms with Gasteiger partial charge >= 0.3 is 0 Å². The van der Waals surface area contributed by atoms with Crippen LogP contribution in [0.5, 0.6) is 11.5 Å². The molecule has 0 N–H and O–H groups in total. The first-order valence-corrected chi connectivity index (χ1v) is 9.36. The van der Waals surface area contributed by atoms with Crippen LogP contribution in [-0.4, -0.2) is 35.0 Å². The Balaban J connectivity index is 1.69. The van der Waals surface area contributed by atoms with E-state index in [0.717, 1.165) is 22.9 Å². The van der Waals surface area contributed by atoms with E-state index in [9.17, 15) is 9.59 Å². The minimum Gasteiger partial charge on any atom is -0.493 e. The van der Waals surface area contributed by atoms with E-state index in [2.05, 4.69) is 0 Å². The standard InChI is InChI=1S/C20H21NO4S/c1-3-21-19(22)18(26-20(21)23)12-15-9-10-16(17(11-15)24-2)25-13-14-7-5-4-6-8-14/h4-11,18H,3,12-13H2,1-2H3/t18-/m0/s1. The summed E-state index contributed by atoms with van der Waals surface area (Å²) in [4.78, 5) is 25.4. The van der Waals surface area contributed by atoms with Crippen molar-refractivity contribution in [3.63, 3.8) is 0 Å². The van der Waals surface area contributed by atoms with Gasteiger partial charge in [0, 0.05) is 6.54 Å². The molecule has 1 fully saturated rings. The van der Waals surface area contributed by atoms with E-state index in [1.165, 1.54) is 4.90 Å². The summed E-state index contributed by atoms with van der Waals surface area (Å²) in [5.74, 6) is 1.15. The molecule has 26 heavy (non-hydrogen) atoms. The van der Waals surface area contributed by atoms with Crippen LogP contribution in [0.1, 0.15) is 18.1 Å². The number of thioether (sulfide) groups is 1. The third-order valence-electron chi connectivity index (χ3n) is 4.21. The van der Waals surface area contributed by atoms with Gasteiger partial charge in [0.1, 0.15) is 6.61 Å². The van der Waals surface area contributed by atoms with Gasteiger partial charge in [-0.15, -0.1) is 0 Å². The minimum atomic E-state index is -0.372. The highest BCUT2D eigenvalue weighted by atomic mass is 32.2. The SMILES string of the molecule is CCN1C(=O)S[C@@H](Cc2ccc(OCc3ccccc3)c(OC)c2)C1=O. The maximum absolute atomic E-state index is 12.3. The van der Waals surface area contributed by atoms with Gasteiger partial charge in [0.15, 0.2) is 11.5 Å². The topological polar surface area (TPSA) is 55.8 Å². The molecule has 136 valence electrons. The lowest BCUT2D eigenvalue weighted by Crippen LogP contribution is -2.31. The van der Waals surface area contributed by atoms with Crippen molar-refractivity contribution in [2.45, 2.75) is 25.2 Å². The Kier molecular flexibility index (Phi) is 5.83. The summed E-state index contributed by atoms with van der Waals surface area (Å²) in [5.41, 5.74) is 2.01. The number of methoxy groups -OCH3 is 1. The van der Waals surface area contributed by atoms with Crippen LogP contribution in [0.2, 0.25) is 0 Å². The fraction of sp³-hybridized carbons (Fsp3) is 0.300. The number of rotatable bonds is 7. The van der Waals surface area contributed by atoms with Crippen LogP contribution < -0.4 is 9.47 Å². The zero-order chi connectivity index (χ0) is 18.5. The van der Waals surface area contributed by atoms with Gasteiger partial charge in [0.2, 0.25) is 5.91 Å². The molecule has 3 rings (SSSR count). The van der Waals surface area contributed by atoms with Crippen molar-refractivity contribution in [2.75, 3.05) is 13.7 Å². The van der Waals surface area contributed by atoms with Crippen molar-refractivity contribution in [3.05, 3.63) is 59.7 Å². The molecule has 0 spiro atoms. The normalized spacial score (nSPS) is 16.8. The summed E-state index contributed by atoms with van der Waals surface area (Å²) in [6, 6.07) is 15.5. The predicted molar refractivity (Wildman–Crippen MR) is 102 cm³/mol. The quantitative estimate of drug-likeness (QED) is 0.739. The number of hydrogen-bond donors (Lipinski definition) is 0. The molecule has 0 radical (unpaired) electrons. The van der Waals surface area contributed by atoms with Gasteiger partial charge in [-0.2, -0.15) is 0 Å². The molecule has 1 saturated heterocycles. The van der Waals surface area contributed by atoms with E-state index in [-0.39, 0.29) is 16.4 Å². The number of carbonyl (C=O) groups is 2. The Bertz CT molecular complexity index is 794. The molecule has 0 unspecified atom stereocenters. The Labute approximate surface area is 157 Å². The minimum absolute atomic E-state index is 0.120. The third kappa shape index (κ3) is 4.02. The first-order chi connectivity index (χ1) is 12.6. The summed E-state index contributed by atoms with van der Waals surface area (Å²) < 4.78 is 11.3. The van der Waals surface area contributed by atoms with Gasteiger partial charge in [-0.3, -0.25) is 14.5 Å². The third-order valence-corrected chi connectivity index (χ3v) is 5.28. The Morgan fingerprint density at radius 1 is 1.04 bits per heavy atom. The predicted octanol–water partition coefficient (Wildman–Crippen LogP) is 3.90. The summed E-state index contributed by atoms with van der Waals surface area (Å²) >= 11 is 1.09. The average Bonchev–Trinajstić information content (AvgIpc) is 2.94. The summed E-state index contributed by atoms with van der Waals surface area (Å²) in [6.07, 6.45) is 0.487. The van der Waals surface area contributed by atoms with Gasteiger partial charge in [0.05, 0.1) is 12.4 Å². The molecule has 0 aromatic heterocycles. The largest absolute Gasteiger partial charge is 0.493 e. The van der Waals surface area contributed by atoms with Gasteiger partial charge in [-0.25, -0.2) is 0 Å². The second kappa shape index (κ2) is 8.27. The highest BCUT2D eigenvalue weighted by Gasteiger charge is 2.38. The molecule has 2 amide bonds. The number of benzene rings is 2. The molecule has 2 aromatic carbocycles. The smallest absolute Gasteiger partial charge is 0.289 e. The zero-order valence-corrected chi connectivity index (χ0v) is 15.6.